The van der Waals surface area contributed by atoms with Gasteiger partial charge in [-0.3, -0.25) is 0 Å². The topological polar surface area (TPSA) is 68.9 Å². The lowest BCUT2D eigenvalue weighted by Crippen LogP contribution is -2.31. The molecule has 0 saturated carbocycles. The van der Waals surface area contributed by atoms with Crippen LogP contribution in [0.3, 0.4) is 0 Å². The Morgan fingerprint density at radius 1 is 1.22 bits per heavy atom. The number of ether oxygens (including phenoxy) is 2. The second-order valence-corrected chi connectivity index (χ2v) is 5.92. The summed E-state index contributed by atoms with van der Waals surface area (Å²) in [6.45, 7) is 0.455. The van der Waals surface area contributed by atoms with Gasteiger partial charge in [-0.2, -0.15) is 13.2 Å². The predicted molar refractivity (Wildman–Crippen MR) is 90.3 cm³/mol. The van der Waals surface area contributed by atoms with Gasteiger partial charge >= 0.3 is 6.18 Å². The zero-order valence-corrected chi connectivity index (χ0v) is 14.1. The smallest absolute Gasteiger partial charge is 0.416 e. The van der Waals surface area contributed by atoms with Gasteiger partial charge in [0.2, 0.25) is 0 Å². The van der Waals surface area contributed by atoms with Gasteiger partial charge in [0.25, 0.3) is 0 Å². The summed E-state index contributed by atoms with van der Waals surface area (Å²) < 4.78 is 62.4. The molecule has 0 fully saturated rings. The maximum absolute atomic E-state index is 13.7. The molecule has 0 atom stereocenters. The number of aliphatic imine (C=N–C) groups is 1. The Morgan fingerprint density at radius 2 is 2.04 bits per heavy atom. The molecule has 0 aliphatic carbocycles. The molecule has 27 heavy (non-hydrogen) atoms. The van der Waals surface area contributed by atoms with Crippen LogP contribution in [0.25, 0.3) is 0 Å². The number of nitrogens with zero attached hydrogens (tertiary/aromatic N) is 1. The lowest BCUT2D eigenvalue weighted by atomic mass is 10.1. The van der Waals surface area contributed by atoms with E-state index in [1.54, 1.807) is 0 Å². The number of fused-ring (bicyclic) bond motifs is 1. The van der Waals surface area contributed by atoms with Crippen molar-refractivity contribution in [3.05, 3.63) is 64.5 Å². The number of hydrogen-bond donors (Lipinski definition) is 2. The Hall–Kier alpha value is -2.81. The highest BCUT2D eigenvalue weighted by Gasteiger charge is 2.30. The maximum atomic E-state index is 13.7. The van der Waals surface area contributed by atoms with Crippen molar-refractivity contribution in [2.24, 2.45) is 10.7 Å². The summed E-state index contributed by atoms with van der Waals surface area (Å²) in [6, 6.07) is 7.51. The van der Waals surface area contributed by atoms with Crippen molar-refractivity contribution in [3.8, 4) is 5.75 Å². The van der Waals surface area contributed by atoms with Gasteiger partial charge in [0.05, 0.1) is 18.7 Å². The van der Waals surface area contributed by atoms with Gasteiger partial charge < -0.3 is 20.5 Å². The summed E-state index contributed by atoms with van der Waals surface area (Å²) in [7, 11) is 0. The van der Waals surface area contributed by atoms with Gasteiger partial charge in [-0.25, -0.2) is 9.38 Å². The Labute approximate surface area is 152 Å². The molecule has 2 aromatic carbocycles. The van der Waals surface area contributed by atoms with E-state index in [1.165, 1.54) is 24.3 Å². The summed E-state index contributed by atoms with van der Waals surface area (Å²) in [4.78, 5) is 4.02. The second-order valence-electron chi connectivity index (χ2n) is 5.92. The first kappa shape index (κ1) is 19.0. The number of rotatable bonds is 4. The summed E-state index contributed by atoms with van der Waals surface area (Å²) >= 11 is 0. The summed E-state index contributed by atoms with van der Waals surface area (Å²) in [5.41, 5.74) is 6.54. The quantitative estimate of drug-likeness (QED) is 0.483. The van der Waals surface area contributed by atoms with E-state index < -0.39 is 17.6 Å². The molecular weight excluding hydrogens is 366 g/mol. The molecule has 0 radical (unpaired) electrons. The predicted octanol–water partition coefficient (Wildman–Crippen LogP) is 3.32. The van der Waals surface area contributed by atoms with E-state index in [1.807, 2.05) is 0 Å². The highest BCUT2D eigenvalue weighted by Crippen LogP contribution is 2.30. The fourth-order valence-electron chi connectivity index (χ4n) is 2.65. The Kier molecular flexibility index (Phi) is 5.50. The molecule has 1 aliphatic rings. The Balaban J connectivity index is 1.65. The molecule has 3 N–H and O–H groups in total. The zero-order chi connectivity index (χ0) is 19.4. The molecule has 3 rings (SSSR count). The van der Waals surface area contributed by atoms with Crippen LogP contribution in [0.2, 0.25) is 0 Å². The number of alkyl halides is 3. The minimum atomic E-state index is -4.41. The minimum Gasteiger partial charge on any atom is -0.467 e. The van der Waals surface area contributed by atoms with Crippen LogP contribution < -0.4 is 15.8 Å². The van der Waals surface area contributed by atoms with Gasteiger partial charge in [-0.05, 0) is 29.8 Å². The van der Waals surface area contributed by atoms with Crippen molar-refractivity contribution in [2.45, 2.75) is 25.9 Å². The lowest BCUT2D eigenvalue weighted by molar-refractivity contribution is -0.137. The van der Waals surface area contributed by atoms with Gasteiger partial charge in [0.15, 0.2) is 12.8 Å². The monoisotopic (exact) mass is 383 g/mol. The summed E-state index contributed by atoms with van der Waals surface area (Å²) in [6.07, 6.45) is -4.41. The first-order valence-electron chi connectivity index (χ1n) is 8.04. The Morgan fingerprint density at radius 3 is 2.81 bits per heavy atom. The average Bonchev–Trinajstić information content (AvgIpc) is 2.64. The van der Waals surface area contributed by atoms with E-state index in [-0.39, 0.29) is 32.4 Å². The third-order valence-corrected chi connectivity index (χ3v) is 3.90. The molecule has 1 aliphatic heterocycles. The normalized spacial score (nSPS) is 14.4. The molecule has 5 nitrogen and oxygen atoms in total. The standard InChI is InChI=1S/C18H17F4N3O2/c19-15-5-12(16-13(6-15)9-26-10-27-16)8-25-17(23)24-7-11-2-1-3-14(4-11)18(20,21)22/h1-6H,7-10H2,(H3,23,24,25). The molecule has 0 saturated heterocycles. The van der Waals surface area contributed by atoms with Crippen LogP contribution in [-0.2, 0) is 30.6 Å². The number of guanidine groups is 1. The van der Waals surface area contributed by atoms with Crippen molar-refractivity contribution in [3.63, 3.8) is 0 Å². The molecule has 9 heteroatoms. The van der Waals surface area contributed by atoms with Gasteiger partial charge in [-0.1, -0.05) is 12.1 Å². The van der Waals surface area contributed by atoms with E-state index in [9.17, 15) is 17.6 Å². The van der Waals surface area contributed by atoms with Crippen molar-refractivity contribution in [2.75, 3.05) is 6.79 Å². The van der Waals surface area contributed by atoms with Crippen molar-refractivity contribution in [1.82, 2.24) is 5.32 Å². The third kappa shape index (κ3) is 4.88. The number of benzene rings is 2. The molecule has 0 bridgehead atoms. The zero-order valence-electron chi connectivity index (χ0n) is 14.1. The number of halogens is 4. The van der Waals surface area contributed by atoms with Gasteiger partial charge in [-0.15, -0.1) is 0 Å². The van der Waals surface area contributed by atoms with E-state index in [4.69, 9.17) is 15.2 Å². The first-order valence-corrected chi connectivity index (χ1v) is 8.04. The SMILES string of the molecule is NC(=NCc1cccc(C(F)(F)F)c1)NCc1cc(F)cc2c1OCOC2. The molecule has 144 valence electrons. The molecule has 0 unspecified atom stereocenters. The molecule has 0 aromatic heterocycles. The number of hydrogen-bond acceptors (Lipinski definition) is 3. The van der Waals surface area contributed by atoms with Crippen molar-refractivity contribution >= 4 is 5.96 Å². The maximum Gasteiger partial charge on any atom is 0.416 e. The fraction of sp³-hybridized carbons (Fsp3) is 0.278. The molecular formula is C18H17F4N3O2. The van der Waals surface area contributed by atoms with E-state index in [0.29, 0.717) is 22.4 Å². The molecule has 0 spiro atoms. The average molecular weight is 383 g/mol. The lowest BCUT2D eigenvalue weighted by Gasteiger charge is -2.21. The second kappa shape index (κ2) is 7.83. The Bertz CT molecular complexity index is 853. The third-order valence-electron chi connectivity index (χ3n) is 3.90. The van der Waals surface area contributed by atoms with Crippen LogP contribution in [-0.4, -0.2) is 12.8 Å². The van der Waals surface area contributed by atoms with Gasteiger partial charge in [0, 0.05) is 17.7 Å². The number of nitrogens with two attached hydrogens (primary N) is 1. The first-order chi connectivity index (χ1) is 12.8. The van der Waals surface area contributed by atoms with Crippen LogP contribution in [0, 0.1) is 5.82 Å². The van der Waals surface area contributed by atoms with Gasteiger partial charge in [0.1, 0.15) is 11.6 Å². The van der Waals surface area contributed by atoms with Crippen LogP contribution in [0.4, 0.5) is 17.6 Å². The van der Waals surface area contributed by atoms with E-state index in [0.717, 1.165) is 12.1 Å². The number of nitrogens with one attached hydrogen (secondary N) is 1. The molecule has 1 heterocycles. The van der Waals surface area contributed by atoms with Crippen LogP contribution in [0.15, 0.2) is 41.4 Å². The fourth-order valence-corrected chi connectivity index (χ4v) is 2.65. The van der Waals surface area contributed by atoms with Crippen LogP contribution in [0.1, 0.15) is 22.3 Å². The molecule has 0 amide bonds. The summed E-state index contributed by atoms with van der Waals surface area (Å²) in [5.74, 6) is 0.123. The highest BCUT2D eigenvalue weighted by molar-refractivity contribution is 5.77. The van der Waals surface area contributed by atoms with Crippen molar-refractivity contribution in [1.29, 1.82) is 0 Å². The van der Waals surface area contributed by atoms with Crippen molar-refractivity contribution < 1.29 is 27.0 Å². The van der Waals surface area contributed by atoms with E-state index >= 15 is 0 Å². The highest BCUT2D eigenvalue weighted by atomic mass is 19.4. The van der Waals surface area contributed by atoms with E-state index in [2.05, 4.69) is 10.3 Å². The minimum absolute atomic E-state index is 0.0195. The largest absolute Gasteiger partial charge is 0.467 e. The summed E-state index contributed by atoms with van der Waals surface area (Å²) in [5, 5.41) is 2.81. The van der Waals surface area contributed by atoms with Crippen LogP contribution in [0.5, 0.6) is 5.75 Å². The molecule has 2 aromatic rings. The van der Waals surface area contributed by atoms with Crippen LogP contribution >= 0.6 is 0 Å².